The van der Waals surface area contributed by atoms with E-state index in [1.54, 1.807) is 0 Å². The zero-order chi connectivity index (χ0) is 9.72. The summed E-state index contributed by atoms with van der Waals surface area (Å²) in [4.78, 5) is 10.3. The van der Waals surface area contributed by atoms with Gasteiger partial charge in [-0.15, -0.1) is 12.6 Å². The quantitative estimate of drug-likeness (QED) is 0.325. The Hall–Kier alpha value is -0.140. The maximum atomic E-state index is 10.3. The van der Waals surface area contributed by atoms with Crippen LogP contribution >= 0.6 is 12.6 Å². The summed E-state index contributed by atoms with van der Waals surface area (Å²) in [6.07, 6.45) is -4.71. The first-order valence-corrected chi connectivity index (χ1v) is 3.80. The van der Waals surface area contributed by atoms with Gasteiger partial charge >= 0.3 is 0 Å². The molecule has 72 valence electrons. The van der Waals surface area contributed by atoms with Crippen LogP contribution in [0.5, 0.6) is 0 Å². The van der Waals surface area contributed by atoms with Crippen LogP contribution in [-0.2, 0) is 4.79 Å². The second-order valence-corrected chi connectivity index (χ2v) is 2.90. The topological polar surface area (TPSA) is 98.0 Å². The Kier molecular flexibility index (Phi) is 5.43. The highest BCUT2D eigenvalue weighted by molar-refractivity contribution is 7.96. The zero-order valence-electron chi connectivity index (χ0n) is 6.29. The molecule has 0 rings (SSSR count). The number of carbonyl (C=O) groups is 1. The second-order valence-electron chi connectivity index (χ2n) is 2.41. The van der Waals surface area contributed by atoms with Crippen LogP contribution in [0, 0.1) is 0 Å². The van der Waals surface area contributed by atoms with E-state index in [4.69, 9.17) is 20.4 Å². The van der Waals surface area contributed by atoms with Gasteiger partial charge in [0.2, 0.25) is 0 Å². The zero-order valence-corrected chi connectivity index (χ0v) is 7.19. The molecule has 6 heteroatoms. The molecule has 0 aliphatic carbocycles. The Balaban J connectivity index is 3.91. The molecule has 3 atom stereocenters. The first kappa shape index (κ1) is 11.9. The lowest BCUT2D eigenvalue weighted by atomic mass is 10.1. The smallest absolute Gasteiger partial charge is 0.188 e. The van der Waals surface area contributed by atoms with Crippen molar-refractivity contribution in [2.75, 3.05) is 6.61 Å². The molecule has 0 radical (unpaired) electrons. The Labute approximate surface area is 75.1 Å². The average molecular weight is 196 g/mol. The van der Waals surface area contributed by atoms with Crippen LogP contribution in [0.15, 0.2) is 0 Å². The minimum Gasteiger partial charge on any atom is -0.394 e. The van der Waals surface area contributed by atoms with Crippen LogP contribution in [0.1, 0.15) is 6.42 Å². The van der Waals surface area contributed by atoms with Crippen molar-refractivity contribution < 1.29 is 25.2 Å². The number of aliphatic hydroxyl groups excluding tert-OH is 4. The van der Waals surface area contributed by atoms with Gasteiger partial charge in [0.1, 0.15) is 12.2 Å². The van der Waals surface area contributed by atoms with E-state index in [1.165, 1.54) is 0 Å². The van der Waals surface area contributed by atoms with Gasteiger partial charge in [0.25, 0.3) is 0 Å². The van der Waals surface area contributed by atoms with Gasteiger partial charge in [-0.1, -0.05) is 0 Å². The van der Waals surface area contributed by atoms with Crippen LogP contribution in [0.4, 0.5) is 0 Å². The average Bonchev–Trinajstić information content (AvgIpc) is 2.00. The molecule has 0 spiro atoms. The van der Waals surface area contributed by atoms with Crippen LogP contribution in [-0.4, -0.2) is 50.5 Å². The molecular formula is C6H12O5S. The molecule has 0 fully saturated rings. The van der Waals surface area contributed by atoms with Crippen molar-refractivity contribution in [1.29, 1.82) is 0 Å². The summed E-state index contributed by atoms with van der Waals surface area (Å²) in [5.41, 5.74) is 0. The summed E-state index contributed by atoms with van der Waals surface area (Å²) in [5.74, 6) is 0. The Morgan fingerprint density at radius 1 is 1.25 bits per heavy atom. The molecule has 0 unspecified atom stereocenters. The second kappa shape index (κ2) is 5.50. The summed E-state index contributed by atoms with van der Waals surface area (Å²) < 4.78 is 0. The van der Waals surface area contributed by atoms with Crippen molar-refractivity contribution in [3.63, 3.8) is 0 Å². The molecule has 0 saturated heterocycles. The van der Waals surface area contributed by atoms with Crippen LogP contribution < -0.4 is 0 Å². The van der Waals surface area contributed by atoms with Crippen molar-refractivity contribution in [3.05, 3.63) is 0 Å². The Bertz CT molecular complexity index is 151. The normalized spacial score (nSPS) is 18.4. The molecule has 0 aliphatic rings. The largest absolute Gasteiger partial charge is 0.394 e. The highest BCUT2D eigenvalue weighted by Crippen LogP contribution is 2.05. The molecule has 0 aromatic carbocycles. The molecule has 0 heterocycles. The number of carbonyl (C=O) groups excluding carboxylic acids is 1. The number of hydrogen-bond acceptors (Lipinski definition) is 5. The third kappa shape index (κ3) is 4.03. The lowest BCUT2D eigenvalue weighted by Gasteiger charge is -2.19. The number of aliphatic hydroxyl groups is 4. The summed E-state index contributed by atoms with van der Waals surface area (Å²) in [7, 11) is 0. The molecule has 0 saturated carbocycles. The molecule has 0 bridgehead atoms. The third-order valence-corrected chi connectivity index (χ3v) is 1.54. The van der Waals surface area contributed by atoms with E-state index in [0.717, 1.165) is 0 Å². The fourth-order valence-electron chi connectivity index (χ4n) is 0.664. The molecule has 0 aromatic heterocycles. The first-order chi connectivity index (χ1) is 5.49. The van der Waals surface area contributed by atoms with Crippen molar-refractivity contribution in [1.82, 2.24) is 0 Å². The molecule has 5 nitrogen and oxygen atoms in total. The fraction of sp³-hybridized carbons (Fsp3) is 0.833. The van der Waals surface area contributed by atoms with Gasteiger partial charge in [-0.25, -0.2) is 0 Å². The van der Waals surface area contributed by atoms with Crippen molar-refractivity contribution in [3.8, 4) is 0 Å². The van der Waals surface area contributed by atoms with Crippen molar-refractivity contribution in [2.24, 2.45) is 0 Å². The van der Waals surface area contributed by atoms with Gasteiger partial charge in [-0.05, 0) is 0 Å². The molecule has 0 aromatic rings. The van der Waals surface area contributed by atoms with Gasteiger partial charge in [-0.3, -0.25) is 4.79 Å². The predicted octanol–water partition coefficient (Wildman–Crippen LogP) is -2.09. The molecule has 4 N–H and O–H groups in total. The van der Waals surface area contributed by atoms with E-state index < -0.39 is 30.0 Å². The number of thiol groups is 1. The standard InChI is InChI=1S/C6H12O5S/c7-2-4(9)6(11)3(8)1-5(10)12/h3-4,6-9,11H,1-2H2,(H,10,12)/t3-,4-,6+/m1/s1. The molecule has 0 amide bonds. The van der Waals surface area contributed by atoms with Crippen LogP contribution in [0.3, 0.4) is 0 Å². The van der Waals surface area contributed by atoms with E-state index in [2.05, 4.69) is 12.6 Å². The molecular weight excluding hydrogens is 184 g/mol. The van der Waals surface area contributed by atoms with Crippen molar-refractivity contribution >= 4 is 17.7 Å². The van der Waals surface area contributed by atoms with Gasteiger partial charge in [0, 0.05) is 6.42 Å². The van der Waals surface area contributed by atoms with Gasteiger partial charge in [-0.2, -0.15) is 0 Å². The lowest BCUT2D eigenvalue weighted by molar-refractivity contribution is -0.118. The maximum Gasteiger partial charge on any atom is 0.188 e. The van der Waals surface area contributed by atoms with E-state index in [9.17, 15) is 4.79 Å². The Morgan fingerprint density at radius 2 is 1.75 bits per heavy atom. The number of hydrogen-bond donors (Lipinski definition) is 5. The number of rotatable bonds is 5. The third-order valence-electron chi connectivity index (χ3n) is 1.36. The SMILES string of the molecule is O=C(S)C[C@@H](O)[C@H](O)[C@H](O)CO. The monoisotopic (exact) mass is 196 g/mol. The van der Waals surface area contributed by atoms with E-state index in [0.29, 0.717) is 0 Å². The maximum absolute atomic E-state index is 10.3. The van der Waals surface area contributed by atoms with E-state index in [-0.39, 0.29) is 6.42 Å². The van der Waals surface area contributed by atoms with Gasteiger partial charge < -0.3 is 20.4 Å². The lowest BCUT2D eigenvalue weighted by Crippen LogP contribution is -2.40. The highest BCUT2D eigenvalue weighted by atomic mass is 32.1. The summed E-state index contributed by atoms with van der Waals surface area (Å²) in [6, 6.07) is 0. The minimum absolute atomic E-state index is 0.360. The van der Waals surface area contributed by atoms with E-state index in [1.807, 2.05) is 0 Å². The summed E-state index contributed by atoms with van der Waals surface area (Å²) in [6.45, 7) is -0.668. The fourth-order valence-corrected chi connectivity index (χ4v) is 0.851. The van der Waals surface area contributed by atoms with Gasteiger partial charge in [0.15, 0.2) is 5.12 Å². The molecule has 12 heavy (non-hydrogen) atoms. The minimum atomic E-state index is -1.52. The Morgan fingerprint density at radius 3 is 2.08 bits per heavy atom. The van der Waals surface area contributed by atoms with E-state index >= 15 is 0 Å². The highest BCUT2D eigenvalue weighted by Gasteiger charge is 2.24. The van der Waals surface area contributed by atoms with Gasteiger partial charge in [0.05, 0.1) is 12.7 Å². The summed E-state index contributed by atoms with van der Waals surface area (Å²) in [5, 5.41) is 34.6. The van der Waals surface area contributed by atoms with Crippen LogP contribution in [0.25, 0.3) is 0 Å². The predicted molar refractivity (Wildman–Crippen MR) is 43.7 cm³/mol. The summed E-state index contributed by atoms with van der Waals surface area (Å²) >= 11 is 3.38. The first-order valence-electron chi connectivity index (χ1n) is 3.36. The molecule has 0 aliphatic heterocycles. The van der Waals surface area contributed by atoms with Crippen molar-refractivity contribution in [2.45, 2.75) is 24.7 Å². The van der Waals surface area contributed by atoms with Crippen LogP contribution in [0.2, 0.25) is 0 Å².